The summed E-state index contributed by atoms with van der Waals surface area (Å²) < 4.78 is 17.6. The van der Waals surface area contributed by atoms with Crippen LogP contribution < -0.4 is 19.1 Å². The Labute approximate surface area is 203 Å². The van der Waals surface area contributed by atoms with Gasteiger partial charge in [0, 0.05) is 17.7 Å². The van der Waals surface area contributed by atoms with Crippen molar-refractivity contribution in [3.63, 3.8) is 0 Å². The van der Waals surface area contributed by atoms with Crippen molar-refractivity contribution < 1.29 is 19.0 Å². The summed E-state index contributed by atoms with van der Waals surface area (Å²) in [5, 5.41) is 9.32. The fourth-order valence-corrected chi connectivity index (χ4v) is 4.42. The summed E-state index contributed by atoms with van der Waals surface area (Å²) in [6, 6.07) is 13.0. The van der Waals surface area contributed by atoms with E-state index in [1.807, 2.05) is 37.3 Å². The van der Waals surface area contributed by atoms with Crippen LogP contribution in [0.5, 0.6) is 17.4 Å². The number of amides is 1. The molecule has 0 radical (unpaired) electrons. The van der Waals surface area contributed by atoms with Crippen LogP contribution in [0.2, 0.25) is 0 Å². The topological polar surface area (TPSA) is 86.7 Å². The van der Waals surface area contributed by atoms with E-state index in [4.69, 9.17) is 19.2 Å². The average molecular weight is 481 g/mol. The lowest BCUT2D eigenvalue weighted by molar-refractivity contribution is -0.120. The highest BCUT2D eigenvalue weighted by Gasteiger charge is 2.37. The Hall–Kier alpha value is -3.33. The van der Waals surface area contributed by atoms with Crippen molar-refractivity contribution in [1.82, 2.24) is 15.2 Å². The lowest BCUT2D eigenvalue weighted by atomic mass is 10.1. The summed E-state index contributed by atoms with van der Waals surface area (Å²) in [4.78, 5) is 19.7. The summed E-state index contributed by atoms with van der Waals surface area (Å²) in [5.74, 6) is 2.71. The van der Waals surface area contributed by atoms with E-state index in [2.05, 4.69) is 24.0 Å². The van der Waals surface area contributed by atoms with Crippen molar-refractivity contribution >= 4 is 23.4 Å². The SMILES string of the molecule is CCC(=O)N1c2ccccc2-c2nnc(SCC(C)C)nc2O[C@H]1c1cc(OC)ccc1OC. The fourth-order valence-electron chi connectivity index (χ4n) is 3.69. The maximum Gasteiger partial charge on any atom is 0.247 e. The third kappa shape index (κ3) is 4.65. The molecular weight excluding hydrogens is 452 g/mol. The molecule has 0 spiro atoms. The number of aromatic nitrogens is 3. The highest BCUT2D eigenvalue weighted by atomic mass is 32.2. The lowest BCUT2D eigenvalue weighted by Crippen LogP contribution is -2.37. The van der Waals surface area contributed by atoms with E-state index in [9.17, 15) is 4.79 Å². The number of fused-ring (bicyclic) bond motifs is 3. The Morgan fingerprint density at radius 1 is 1.15 bits per heavy atom. The molecule has 0 unspecified atom stereocenters. The van der Waals surface area contributed by atoms with Crippen LogP contribution in [0.4, 0.5) is 5.69 Å². The summed E-state index contributed by atoms with van der Waals surface area (Å²) >= 11 is 1.52. The van der Waals surface area contributed by atoms with Gasteiger partial charge in [-0.2, -0.15) is 4.98 Å². The first-order valence-corrected chi connectivity index (χ1v) is 12.1. The minimum Gasteiger partial charge on any atom is -0.497 e. The van der Waals surface area contributed by atoms with Crippen LogP contribution in [0, 0.1) is 5.92 Å². The number of rotatable bonds is 7. The van der Waals surface area contributed by atoms with Gasteiger partial charge < -0.3 is 14.2 Å². The molecule has 0 bridgehead atoms. The molecule has 0 saturated heterocycles. The highest BCUT2D eigenvalue weighted by Crippen LogP contribution is 2.45. The molecule has 2 aromatic carbocycles. The Balaban J connectivity index is 1.93. The second-order valence-electron chi connectivity index (χ2n) is 8.17. The maximum absolute atomic E-state index is 13.3. The van der Waals surface area contributed by atoms with Crippen LogP contribution in [0.1, 0.15) is 39.0 Å². The van der Waals surface area contributed by atoms with Crippen LogP contribution in [0.15, 0.2) is 47.6 Å². The molecular formula is C25H28N4O4S. The molecule has 1 aliphatic heterocycles. The fraction of sp³-hybridized carbons (Fsp3) is 0.360. The predicted octanol–water partition coefficient (Wildman–Crippen LogP) is 5.14. The number of hydrogen-bond donors (Lipinski definition) is 0. The number of anilines is 1. The van der Waals surface area contributed by atoms with Gasteiger partial charge in [-0.3, -0.25) is 9.69 Å². The van der Waals surface area contributed by atoms with Gasteiger partial charge in [-0.05, 0) is 30.2 Å². The smallest absolute Gasteiger partial charge is 0.247 e. The molecule has 0 N–H and O–H groups in total. The number of carbonyl (C=O) groups excluding carboxylic acids is 1. The quantitative estimate of drug-likeness (QED) is 0.430. The Kier molecular flexibility index (Phi) is 7.21. The first-order chi connectivity index (χ1) is 16.5. The van der Waals surface area contributed by atoms with Crippen LogP contribution >= 0.6 is 11.8 Å². The second kappa shape index (κ2) is 10.3. The number of hydrogen-bond acceptors (Lipinski definition) is 8. The first-order valence-electron chi connectivity index (χ1n) is 11.1. The minimum absolute atomic E-state index is 0.113. The number of thioether (sulfide) groups is 1. The van der Waals surface area contributed by atoms with Crippen LogP contribution in [0.25, 0.3) is 11.3 Å². The third-order valence-corrected chi connectivity index (χ3v) is 6.60. The highest BCUT2D eigenvalue weighted by molar-refractivity contribution is 7.99. The van der Waals surface area contributed by atoms with Crippen molar-refractivity contribution in [2.45, 2.75) is 38.6 Å². The monoisotopic (exact) mass is 480 g/mol. The first kappa shape index (κ1) is 23.8. The number of nitrogens with zero attached hydrogens (tertiary/aromatic N) is 4. The van der Waals surface area contributed by atoms with Crippen molar-refractivity contribution in [1.29, 1.82) is 0 Å². The molecule has 34 heavy (non-hydrogen) atoms. The summed E-state index contributed by atoms with van der Waals surface area (Å²) in [7, 11) is 3.18. The van der Waals surface area contributed by atoms with Gasteiger partial charge in [0.15, 0.2) is 5.69 Å². The largest absolute Gasteiger partial charge is 0.497 e. The average Bonchev–Trinajstić information content (AvgIpc) is 3.00. The predicted molar refractivity (Wildman–Crippen MR) is 132 cm³/mol. The number of carbonyl (C=O) groups is 1. The molecule has 1 aliphatic rings. The second-order valence-corrected chi connectivity index (χ2v) is 9.15. The van der Waals surface area contributed by atoms with Gasteiger partial charge in [0.2, 0.25) is 23.2 Å². The molecule has 4 rings (SSSR count). The summed E-state index contributed by atoms with van der Waals surface area (Å²) in [6.07, 6.45) is -0.564. The zero-order chi connectivity index (χ0) is 24.2. The lowest BCUT2D eigenvalue weighted by Gasteiger charge is -2.31. The van der Waals surface area contributed by atoms with Gasteiger partial charge in [0.05, 0.1) is 25.5 Å². The van der Waals surface area contributed by atoms with Gasteiger partial charge in [0.1, 0.15) is 11.5 Å². The Morgan fingerprint density at radius 3 is 2.65 bits per heavy atom. The molecule has 1 aromatic heterocycles. The zero-order valence-electron chi connectivity index (χ0n) is 19.9. The molecule has 3 aromatic rings. The number of methoxy groups -OCH3 is 2. The van der Waals surface area contributed by atoms with Crippen molar-refractivity contribution in [2.24, 2.45) is 5.92 Å². The maximum atomic E-state index is 13.3. The Bertz CT molecular complexity index is 1190. The molecule has 9 heteroatoms. The van der Waals surface area contributed by atoms with E-state index in [-0.39, 0.29) is 12.3 Å². The molecule has 8 nitrogen and oxygen atoms in total. The zero-order valence-corrected chi connectivity index (χ0v) is 20.8. The van der Waals surface area contributed by atoms with Crippen molar-refractivity contribution in [3.8, 4) is 28.6 Å². The normalized spacial score (nSPS) is 14.6. The van der Waals surface area contributed by atoms with Gasteiger partial charge in [0.25, 0.3) is 0 Å². The number of benzene rings is 2. The summed E-state index contributed by atoms with van der Waals surface area (Å²) in [6.45, 7) is 6.09. The third-order valence-electron chi connectivity index (χ3n) is 5.33. The molecule has 0 aliphatic carbocycles. The van der Waals surface area contributed by atoms with Gasteiger partial charge in [-0.25, -0.2) is 0 Å². The van der Waals surface area contributed by atoms with Crippen LogP contribution in [0.3, 0.4) is 0 Å². The van der Waals surface area contributed by atoms with Crippen LogP contribution in [-0.4, -0.2) is 41.1 Å². The van der Waals surface area contributed by atoms with E-state index in [1.54, 1.807) is 31.3 Å². The van der Waals surface area contributed by atoms with E-state index in [0.29, 0.717) is 45.4 Å². The van der Waals surface area contributed by atoms with Crippen molar-refractivity contribution in [2.75, 3.05) is 24.9 Å². The molecule has 0 saturated carbocycles. The van der Waals surface area contributed by atoms with E-state index in [0.717, 1.165) is 11.3 Å². The van der Waals surface area contributed by atoms with Gasteiger partial charge >= 0.3 is 0 Å². The van der Waals surface area contributed by atoms with E-state index < -0.39 is 6.23 Å². The van der Waals surface area contributed by atoms with E-state index in [1.165, 1.54) is 11.8 Å². The van der Waals surface area contributed by atoms with Crippen LogP contribution in [-0.2, 0) is 4.79 Å². The molecule has 1 amide bonds. The van der Waals surface area contributed by atoms with E-state index >= 15 is 0 Å². The van der Waals surface area contributed by atoms with Gasteiger partial charge in [-0.15, -0.1) is 10.2 Å². The van der Waals surface area contributed by atoms with Crippen molar-refractivity contribution in [3.05, 3.63) is 48.0 Å². The molecule has 1 atom stereocenters. The number of para-hydroxylation sites is 1. The molecule has 0 fully saturated rings. The summed E-state index contributed by atoms with van der Waals surface area (Å²) in [5.41, 5.74) is 2.52. The minimum atomic E-state index is -0.848. The Morgan fingerprint density at radius 2 is 1.94 bits per heavy atom. The molecule has 2 heterocycles. The standard InChI is InChI=1S/C25H28N4O4S/c1-6-21(30)29-19-10-8-7-9-17(19)22-23(26-25(28-27-22)34-14-15(2)3)33-24(29)18-13-16(31-4)11-12-20(18)32-5/h7-13,15,24H,6,14H2,1-5H3/t24-/m0/s1. The molecule has 178 valence electrons. The number of ether oxygens (including phenoxy) is 3. The van der Waals surface area contributed by atoms with Gasteiger partial charge in [-0.1, -0.05) is 50.7 Å².